The summed E-state index contributed by atoms with van der Waals surface area (Å²) < 4.78 is 5.41. The minimum absolute atomic E-state index is 0.00778. The number of urea groups is 1. The molecule has 0 atom stereocenters. The van der Waals surface area contributed by atoms with Gasteiger partial charge in [0.15, 0.2) is 12.4 Å². The van der Waals surface area contributed by atoms with Crippen molar-refractivity contribution in [2.75, 3.05) is 23.8 Å². The Balaban J connectivity index is 2.13. The molecule has 21 heavy (non-hydrogen) atoms. The lowest BCUT2D eigenvalue weighted by Crippen LogP contribution is -2.35. The lowest BCUT2D eigenvalue weighted by molar-refractivity contribution is -0.118. The molecule has 0 radical (unpaired) electrons. The van der Waals surface area contributed by atoms with Crippen molar-refractivity contribution in [3.63, 3.8) is 0 Å². The third kappa shape index (κ3) is 4.11. The first-order valence-electron chi connectivity index (χ1n) is 6.87. The fourth-order valence-electron chi connectivity index (χ4n) is 1.95. The summed E-state index contributed by atoms with van der Waals surface area (Å²) in [6, 6.07) is 3.33. The number of nitrogens with one attached hydrogen (secondary N) is 3. The van der Waals surface area contributed by atoms with Crippen molar-refractivity contribution in [3.8, 4) is 5.75 Å². The van der Waals surface area contributed by atoms with Crippen LogP contribution in [-0.2, 0) is 4.79 Å². The first-order chi connectivity index (χ1) is 9.74. The van der Waals surface area contributed by atoms with Crippen LogP contribution in [-0.4, -0.2) is 25.1 Å². The summed E-state index contributed by atoms with van der Waals surface area (Å²) >= 11 is 0. The number of aryl methyl sites for hydroxylation is 1. The third-order valence-electron chi connectivity index (χ3n) is 2.88. The fourth-order valence-corrected chi connectivity index (χ4v) is 1.95. The van der Waals surface area contributed by atoms with Crippen LogP contribution in [0.1, 0.15) is 26.3 Å². The van der Waals surface area contributed by atoms with Crippen LogP contribution in [0.2, 0.25) is 0 Å². The Kier molecular flexibility index (Phi) is 4.06. The van der Waals surface area contributed by atoms with Gasteiger partial charge >= 0.3 is 6.03 Å². The number of fused-ring (bicyclic) bond motifs is 1. The maximum absolute atomic E-state index is 12.0. The maximum Gasteiger partial charge on any atom is 0.319 e. The second kappa shape index (κ2) is 5.63. The van der Waals surface area contributed by atoms with E-state index in [1.54, 1.807) is 0 Å². The van der Waals surface area contributed by atoms with E-state index in [0.717, 1.165) is 5.56 Å². The number of ether oxygens (including phenoxy) is 1. The smallest absolute Gasteiger partial charge is 0.319 e. The monoisotopic (exact) mass is 291 g/mol. The normalized spacial score (nSPS) is 13.8. The topological polar surface area (TPSA) is 79.5 Å². The number of hydrogen-bond acceptors (Lipinski definition) is 3. The quantitative estimate of drug-likeness (QED) is 0.783. The highest BCUT2D eigenvalue weighted by atomic mass is 16.5. The molecular weight excluding hydrogens is 270 g/mol. The minimum atomic E-state index is -0.293. The van der Waals surface area contributed by atoms with Gasteiger partial charge in [-0.25, -0.2) is 4.79 Å². The number of benzene rings is 1. The van der Waals surface area contributed by atoms with Crippen LogP contribution in [0.3, 0.4) is 0 Å². The van der Waals surface area contributed by atoms with Gasteiger partial charge < -0.3 is 20.7 Å². The zero-order valence-electron chi connectivity index (χ0n) is 12.8. The number of amides is 3. The molecule has 3 amide bonds. The van der Waals surface area contributed by atoms with E-state index in [4.69, 9.17) is 4.74 Å². The van der Waals surface area contributed by atoms with Crippen molar-refractivity contribution < 1.29 is 14.3 Å². The molecule has 0 fully saturated rings. The molecule has 0 spiro atoms. The molecule has 0 saturated carbocycles. The third-order valence-corrected chi connectivity index (χ3v) is 2.88. The molecule has 1 aromatic rings. The maximum atomic E-state index is 12.0. The molecule has 1 heterocycles. The standard InChI is InChI=1S/C15H21N3O3/c1-9-5-10-13(21-7-12(19)17-10)11(6-9)18-14(20)16-8-15(2,3)4/h5-6H,7-8H2,1-4H3,(H,17,19)(H2,16,18,20). The SMILES string of the molecule is Cc1cc2c(c(NC(=O)NCC(C)(C)C)c1)OCC(=O)N2. The Morgan fingerprint density at radius 2 is 2.10 bits per heavy atom. The van der Waals surface area contributed by atoms with Gasteiger partial charge in [0.2, 0.25) is 0 Å². The van der Waals surface area contributed by atoms with Crippen LogP contribution in [0.5, 0.6) is 5.75 Å². The number of carbonyl (C=O) groups is 2. The molecule has 2 rings (SSSR count). The molecule has 1 aliphatic rings. The second-order valence-corrected chi connectivity index (χ2v) is 6.39. The Hall–Kier alpha value is -2.24. The Morgan fingerprint density at radius 1 is 1.38 bits per heavy atom. The molecule has 3 N–H and O–H groups in total. The number of anilines is 2. The summed E-state index contributed by atoms with van der Waals surface area (Å²) in [5, 5.41) is 8.32. The Labute approximate surface area is 124 Å². The molecule has 1 aliphatic heterocycles. The summed E-state index contributed by atoms with van der Waals surface area (Å²) in [5.74, 6) is 0.294. The lowest BCUT2D eigenvalue weighted by atomic mass is 9.97. The van der Waals surface area contributed by atoms with E-state index < -0.39 is 0 Å². The van der Waals surface area contributed by atoms with Crippen molar-refractivity contribution in [1.29, 1.82) is 0 Å². The molecule has 0 aromatic heterocycles. The van der Waals surface area contributed by atoms with Crippen molar-refractivity contribution in [2.45, 2.75) is 27.7 Å². The molecule has 0 aliphatic carbocycles. The minimum Gasteiger partial charge on any atom is -0.479 e. The van der Waals surface area contributed by atoms with Gasteiger partial charge in [-0.2, -0.15) is 0 Å². The van der Waals surface area contributed by atoms with Crippen molar-refractivity contribution >= 4 is 23.3 Å². The molecule has 6 heteroatoms. The van der Waals surface area contributed by atoms with Crippen LogP contribution in [0, 0.1) is 12.3 Å². The van der Waals surface area contributed by atoms with E-state index in [0.29, 0.717) is 23.7 Å². The molecular formula is C15H21N3O3. The van der Waals surface area contributed by atoms with E-state index in [2.05, 4.69) is 16.0 Å². The van der Waals surface area contributed by atoms with E-state index in [1.165, 1.54) is 0 Å². The van der Waals surface area contributed by atoms with Crippen molar-refractivity contribution in [3.05, 3.63) is 17.7 Å². The average Bonchev–Trinajstić information content (AvgIpc) is 2.34. The van der Waals surface area contributed by atoms with E-state index in [1.807, 2.05) is 39.8 Å². The number of carbonyl (C=O) groups excluding carboxylic acids is 2. The van der Waals surface area contributed by atoms with Gasteiger partial charge in [0, 0.05) is 6.54 Å². The van der Waals surface area contributed by atoms with Crippen LogP contribution in [0.15, 0.2) is 12.1 Å². The van der Waals surface area contributed by atoms with Gasteiger partial charge in [-0.15, -0.1) is 0 Å². The van der Waals surface area contributed by atoms with E-state index >= 15 is 0 Å². The van der Waals surface area contributed by atoms with Gasteiger partial charge in [-0.3, -0.25) is 4.79 Å². The Morgan fingerprint density at radius 3 is 2.76 bits per heavy atom. The lowest BCUT2D eigenvalue weighted by Gasteiger charge is -2.23. The zero-order chi connectivity index (χ0) is 15.6. The largest absolute Gasteiger partial charge is 0.479 e. The van der Waals surface area contributed by atoms with Gasteiger partial charge in [-0.05, 0) is 30.0 Å². The van der Waals surface area contributed by atoms with E-state index in [9.17, 15) is 9.59 Å². The molecule has 0 saturated heterocycles. The number of hydrogen-bond donors (Lipinski definition) is 3. The highest BCUT2D eigenvalue weighted by molar-refractivity contribution is 5.99. The van der Waals surface area contributed by atoms with Gasteiger partial charge in [0.25, 0.3) is 5.91 Å². The summed E-state index contributed by atoms with van der Waals surface area (Å²) in [5.41, 5.74) is 2.06. The molecule has 0 bridgehead atoms. The average molecular weight is 291 g/mol. The molecule has 6 nitrogen and oxygen atoms in total. The number of rotatable bonds is 2. The molecule has 1 aromatic carbocycles. The van der Waals surface area contributed by atoms with Gasteiger partial charge in [0.05, 0.1) is 11.4 Å². The highest BCUT2D eigenvalue weighted by Gasteiger charge is 2.21. The van der Waals surface area contributed by atoms with Gasteiger partial charge in [0.1, 0.15) is 0 Å². The summed E-state index contributed by atoms with van der Waals surface area (Å²) in [6.07, 6.45) is 0. The van der Waals surface area contributed by atoms with Crippen LogP contribution < -0.4 is 20.7 Å². The summed E-state index contributed by atoms with van der Waals surface area (Å²) in [4.78, 5) is 23.3. The molecule has 0 unspecified atom stereocenters. The first kappa shape index (κ1) is 15.2. The highest BCUT2D eigenvalue weighted by Crippen LogP contribution is 2.36. The van der Waals surface area contributed by atoms with Crippen LogP contribution in [0.4, 0.5) is 16.2 Å². The van der Waals surface area contributed by atoms with Crippen molar-refractivity contribution in [1.82, 2.24) is 5.32 Å². The fraction of sp³-hybridized carbons (Fsp3) is 0.467. The first-order valence-corrected chi connectivity index (χ1v) is 6.87. The van der Waals surface area contributed by atoms with Crippen LogP contribution in [0.25, 0.3) is 0 Å². The van der Waals surface area contributed by atoms with E-state index in [-0.39, 0.29) is 24.0 Å². The van der Waals surface area contributed by atoms with Crippen molar-refractivity contribution in [2.24, 2.45) is 5.41 Å². The summed E-state index contributed by atoms with van der Waals surface area (Å²) in [6.45, 7) is 8.53. The predicted molar refractivity (Wildman–Crippen MR) is 81.8 cm³/mol. The van der Waals surface area contributed by atoms with Crippen LogP contribution >= 0.6 is 0 Å². The second-order valence-electron chi connectivity index (χ2n) is 6.39. The zero-order valence-corrected chi connectivity index (χ0v) is 12.8. The van der Waals surface area contributed by atoms with Gasteiger partial charge in [-0.1, -0.05) is 20.8 Å². The predicted octanol–water partition coefficient (Wildman–Crippen LogP) is 2.49. The molecule has 114 valence electrons. The summed E-state index contributed by atoms with van der Waals surface area (Å²) in [7, 11) is 0. The Bertz CT molecular complexity index is 576.